The molecule has 2 aromatic rings. The van der Waals surface area contributed by atoms with Gasteiger partial charge in [-0.05, 0) is 30.7 Å². The number of aromatic nitrogens is 2. The number of hydrogen-bond acceptors (Lipinski definition) is 3. The smallest absolute Gasteiger partial charge is 0.140 e. The number of aryl methyl sites for hydroxylation is 1. The van der Waals surface area contributed by atoms with Crippen LogP contribution >= 0.6 is 11.8 Å². The Morgan fingerprint density at radius 1 is 1.35 bits per heavy atom. The Bertz CT molecular complexity index is 505. The van der Waals surface area contributed by atoms with Gasteiger partial charge in [0.05, 0.1) is 16.8 Å². The number of nitrogen functional groups attached to an aromatic ring is 1. The summed E-state index contributed by atoms with van der Waals surface area (Å²) in [4.78, 5) is 1.06. The minimum Gasteiger partial charge on any atom is -0.383 e. The van der Waals surface area contributed by atoms with Crippen molar-refractivity contribution in [1.82, 2.24) is 9.78 Å². The molecule has 90 valence electrons. The van der Waals surface area contributed by atoms with E-state index in [9.17, 15) is 0 Å². The number of nitrogens with two attached hydrogens (primary N) is 1. The highest BCUT2D eigenvalue weighted by molar-refractivity contribution is 7.99. The fraction of sp³-hybridized carbons (Fsp3) is 0.308. The van der Waals surface area contributed by atoms with Gasteiger partial charge in [0.15, 0.2) is 0 Å². The number of hydrogen-bond donors (Lipinski definition) is 1. The van der Waals surface area contributed by atoms with Crippen LogP contribution in [0.3, 0.4) is 0 Å². The van der Waals surface area contributed by atoms with E-state index in [0.717, 1.165) is 28.6 Å². The second kappa shape index (κ2) is 5.27. The molecule has 4 heteroatoms. The van der Waals surface area contributed by atoms with Crippen molar-refractivity contribution in [3.8, 4) is 5.69 Å². The highest BCUT2D eigenvalue weighted by Crippen LogP contribution is 2.28. The predicted molar refractivity (Wildman–Crippen MR) is 73.7 cm³/mol. The molecule has 0 unspecified atom stereocenters. The van der Waals surface area contributed by atoms with Crippen LogP contribution < -0.4 is 5.73 Å². The second-order valence-electron chi connectivity index (χ2n) is 3.94. The second-order valence-corrected chi connectivity index (χ2v) is 5.08. The minimum atomic E-state index is 0.734. The van der Waals surface area contributed by atoms with Gasteiger partial charge in [-0.25, -0.2) is 4.68 Å². The largest absolute Gasteiger partial charge is 0.383 e. The van der Waals surface area contributed by atoms with E-state index in [1.54, 1.807) is 11.8 Å². The quantitative estimate of drug-likeness (QED) is 0.843. The van der Waals surface area contributed by atoms with Crippen LogP contribution in [0.1, 0.15) is 18.9 Å². The van der Waals surface area contributed by atoms with Gasteiger partial charge in [-0.2, -0.15) is 5.10 Å². The average molecular weight is 247 g/mol. The van der Waals surface area contributed by atoms with Gasteiger partial charge < -0.3 is 5.73 Å². The Labute approximate surface area is 106 Å². The monoisotopic (exact) mass is 247 g/mol. The van der Waals surface area contributed by atoms with E-state index in [-0.39, 0.29) is 0 Å². The number of nitrogens with zero attached hydrogens (tertiary/aromatic N) is 2. The maximum atomic E-state index is 6.12. The standard InChI is InChI=1S/C13H17N3S/c1-3-8-17-12-9-15-16(13(12)14)11-7-5-4-6-10(11)2/h4-7,9H,3,8,14H2,1-2H3. The van der Waals surface area contributed by atoms with Gasteiger partial charge in [-0.3, -0.25) is 0 Å². The molecule has 0 fully saturated rings. The van der Waals surface area contributed by atoms with Crippen molar-refractivity contribution in [3.05, 3.63) is 36.0 Å². The van der Waals surface area contributed by atoms with Crippen molar-refractivity contribution < 1.29 is 0 Å². The van der Waals surface area contributed by atoms with Gasteiger partial charge in [0, 0.05) is 0 Å². The van der Waals surface area contributed by atoms with E-state index in [2.05, 4.69) is 25.0 Å². The Morgan fingerprint density at radius 3 is 2.82 bits per heavy atom. The molecule has 0 amide bonds. The molecule has 17 heavy (non-hydrogen) atoms. The summed E-state index contributed by atoms with van der Waals surface area (Å²) in [6, 6.07) is 8.12. The van der Waals surface area contributed by atoms with E-state index in [1.165, 1.54) is 5.56 Å². The normalized spacial score (nSPS) is 10.7. The Hall–Kier alpha value is -1.42. The summed E-state index contributed by atoms with van der Waals surface area (Å²) in [6.45, 7) is 4.23. The minimum absolute atomic E-state index is 0.734. The van der Waals surface area contributed by atoms with Gasteiger partial charge >= 0.3 is 0 Å². The van der Waals surface area contributed by atoms with Crippen LogP contribution in [0.4, 0.5) is 5.82 Å². The van der Waals surface area contributed by atoms with Gasteiger partial charge in [0.1, 0.15) is 5.82 Å². The number of benzene rings is 1. The molecular weight excluding hydrogens is 230 g/mol. The molecule has 0 spiro atoms. The van der Waals surface area contributed by atoms with Crippen LogP contribution in [0.2, 0.25) is 0 Å². The maximum Gasteiger partial charge on any atom is 0.140 e. The van der Waals surface area contributed by atoms with Crippen molar-refractivity contribution in [3.63, 3.8) is 0 Å². The zero-order chi connectivity index (χ0) is 12.3. The highest BCUT2D eigenvalue weighted by atomic mass is 32.2. The van der Waals surface area contributed by atoms with E-state index < -0.39 is 0 Å². The maximum absolute atomic E-state index is 6.12. The summed E-state index contributed by atoms with van der Waals surface area (Å²) in [5.74, 6) is 1.81. The Kier molecular flexibility index (Phi) is 3.74. The number of anilines is 1. The topological polar surface area (TPSA) is 43.8 Å². The molecule has 0 bridgehead atoms. The zero-order valence-electron chi connectivity index (χ0n) is 10.2. The lowest BCUT2D eigenvalue weighted by Crippen LogP contribution is -2.03. The van der Waals surface area contributed by atoms with Crippen molar-refractivity contribution in [2.75, 3.05) is 11.5 Å². The van der Waals surface area contributed by atoms with E-state index in [4.69, 9.17) is 5.73 Å². The summed E-state index contributed by atoms with van der Waals surface area (Å²) in [7, 11) is 0. The Balaban J connectivity index is 2.34. The van der Waals surface area contributed by atoms with Crippen LogP contribution in [0.25, 0.3) is 5.69 Å². The lowest BCUT2D eigenvalue weighted by atomic mass is 10.2. The molecule has 0 saturated carbocycles. The van der Waals surface area contributed by atoms with Gasteiger partial charge in [0.2, 0.25) is 0 Å². The van der Waals surface area contributed by atoms with Crippen molar-refractivity contribution in [2.24, 2.45) is 0 Å². The number of rotatable bonds is 4. The van der Waals surface area contributed by atoms with Gasteiger partial charge in [0.25, 0.3) is 0 Å². The third kappa shape index (κ3) is 2.47. The summed E-state index contributed by atoms with van der Waals surface area (Å²) in [5, 5.41) is 4.37. The molecule has 0 atom stereocenters. The number of thioether (sulfide) groups is 1. The Morgan fingerprint density at radius 2 is 2.12 bits per heavy atom. The summed E-state index contributed by atoms with van der Waals surface area (Å²) in [6.07, 6.45) is 2.99. The fourth-order valence-corrected chi connectivity index (χ4v) is 2.44. The summed E-state index contributed by atoms with van der Waals surface area (Å²) >= 11 is 1.76. The SMILES string of the molecule is CCCSc1cnn(-c2ccccc2C)c1N. The molecule has 0 radical (unpaired) electrons. The molecular formula is C13H17N3S. The molecule has 2 N–H and O–H groups in total. The molecule has 1 heterocycles. The predicted octanol–water partition coefficient (Wildman–Crippen LogP) is 3.27. The van der Waals surface area contributed by atoms with Crippen LogP contribution in [-0.4, -0.2) is 15.5 Å². The molecule has 3 nitrogen and oxygen atoms in total. The molecule has 0 saturated heterocycles. The first-order chi connectivity index (χ1) is 8.24. The van der Waals surface area contributed by atoms with Crippen LogP contribution in [0, 0.1) is 6.92 Å². The third-order valence-electron chi connectivity index (χ3n) is 2.58. The van der Waals surface area contributed by atoms with Crippen LogP contribution in [-0.2, 0) is 0 Å². The molecule has 0 aliphatic carbocycles. The van der Waals surface area contributed by atoms with Crippen LogP contribution in [0.15, 0.2) is 35.4 Å². The lowest BCUT2D eigenvalue weighted by Gasteiger charge is -2.07. The highest BCUT2D eigenvalue weighted by Gasteiger charge is 2.10. The first kappa shape index (κ1) is 12.0. The van der Waals surface area contributed by atoms with Crippen LogP contribution in [0.5, 0.6) is 0 Å². The summed E-state index contributed by atoms with van der Waals surface area (Å²) in [5.41, 5.74) is 8.35. The van der Waals surface area contributed by atoms with E-state index in [0.29, 0.717) is 0 Å². The number of para-hydroxylation sites is 1. The van der Waals surface area contributed by atoms with Crippen molar-refractivity contribution in [2.45, 2.75) is 25.2 Å². The summed E-state index contributed by atoms with van der Waals surface area (Å²) < 4.78 is 1.81. The molecule has 1 aromatic heterocycles. The first-order valence-electron chi connectivity index (χ1n) is 5.76. The molecule has 1 aromatic carbocycles. The molecule has 2 rings (SSSR count). The van der Waals surface area contributed by atoms with Gasteiger partial charge in [-0.15, -0.1) is 11.8 Å². The molecule has 0 aliphatic rings. The fourth-order valence-electron chi connectivity index (χ4n) is 1.66. The average Bonchev–Trinajstić information content (AvgIpc) is 2.69. The third-order valence-corrected chi connectivity index (χ3v) is 3.81. The van der Waals surface area contributed by atoms with E-state index in [1.807, 2.05) is 29.1 Å². The van der Waals surface area contributed by atoms with E-state index >= 15 is 0 Å². The van der Waals surface area contributed by atoms with Gasteiger partial charge in [-0.1, -0.05) is 25.1 Å². The lowest BCUT2D eigenvalue weighted by molar-refractivity contribution is 0.883. The first-order valence-corrected chi connectivity index (χ1v) is 6.75. The van der Waals surface area contributed by atoms with Crippen molar-refractivity contribution in [1.29, 1.82) is 0 Å². The zero-order valence-corrected chi connectivity index (χ0v) is 11.0. The molecule has 0 aliphatic heterocycles. The van der Waals surface area contributed by atoms with Crippen molar-refractivity contribution >= 4 is 17.6 Å².